The summed E-state index contributed by atoms with van der Waals surface area (Å²) < 4.78 is 0. The Bertz CT molecular complexity index is 331. The average molecular weight is 204 g/mol. The van der Waals surface area contributed by atoms with E-state index in [2.05, 4.69) is 4.90 Å². The van der Waals surface area contributed by atoms with E-state index in [4.69, 9.17) is 5.73 Å². The van der Waals surface area contributed by atoms with Crippen LogP contribution in [0.25, 0.3) is 0 Å². The molecule has 1 amide bonds. The summed E-state index contributed by atoms with van der Waals surface area (Å²) in [6.07, 6.45) is 2.33. The molecule has 1 aliphatic heterocycles. The van der Waals surface area contributed by atoms with Crippen LogP contribution in [0.3, 0.4) is 0 Å². The first-order valence-electron chi connectivity index (χ1n) is 5.37. The Kier molecular flexibility index (Phi) is 3.02. The van der Waals surface area contributed by atoms with Crippen LogP contribution in [0.2, 0.25) is 0 Å². The van der Waals surface area contributed by atoms with Crippen LogP contribution < -0.4 is 5.73 Å². The molecule has 3 nitrogen and oxygen atoms in total. The highest BCUT2D eigenvalue weighted by Gasteiger charge is 2.27. The van der Waals surface area contributed by atoms with Crippen LogP contribution in [0.5, 0.6) is 0 Å². The van der Waals surface area contributed by atoms with Crippen LogP contribution in [-0.4, -0.2) is 23.9 Å². The van der Waals surface area contributed by atoms with Crippen molar-refractivity contribution in [1.82, 2.24) is 4.90 Å². The Morgan fingerprint density at radius 3 is 2.33 bits per heavy atom. The summed E-state index contributed by atoms with van der Waals surface area (Å²) in [4.78, 5) is 13.6. The number of hydrogen-bond acceptors (Lipinski definition) is 2. The molecule has 1 aromatic carbocycles. The second-order valence-electron chi connectivity index (χ2n) is 3.96. The van der Waals surface area contributed by atoms with Crippen LogP contribution >= 0.6 is 0 Å². The molecule has 1 atom stereocenters. The van der Waals surface area contributed by atoms with E-state index in [1.165, 1.54) is 0 Å². The number of nitrogens with two attached hydrogens (primary N) is 1. The summed E-state index contributed by atoms with van der Waals surface area (Å²) in [5.74, 6) is -0.247. The van der Waals surface area contributed by atoms with Crippen molar-refractivity contribution >= 4 is 5.91 Å². The fourth-order valence-electron chi connectivity index (χ4n) is 2.19. The maximum atomic E-state index is 11.5. The summed E-state index contributed by atoms with van der Waals surface area (Å²) in [6.45, 7) is 1.95. The number of amides is 1. The summed E-state index contributed by atoms with van der Waals surface area (Å²) in [6, 6.07) is 9.53. The lowest BCUT2D eigenvalue weighted by Gasteiger charge is -2.24. The van der Waals surface area contributed by atoms with E-state index in [9.17, 15) is 4.79 Å². The summed E-state index contributed by atoms with van der Waals surface area (Å²) in [5.41, 5.74) is 6.47. The molecule has 1 saturated heterocycles. The monoisotopic (exact) mass is 204 g/mol. The molecular formula is C12H16N2O. The largest absolute Gasteiger partial charge is 0.368 e. The molecule has 0 radical (unpaired) electrons. The SMILES string of the molecule is NC(=O)[C@@H](c1ccccc1)N1CCCC1. The van der Waals surface area contributed by atoms with Gasteiger partial charge in [-0.3, -0.25) is 9.69 Å². The van der Waals surface area contributed by atoms with Crippen molar-refractivity contribution in [1.29, 1.82) is 0 Å². The van der Waals surface area contributed by atoms with Gasteiger partial charge >= 0.3 is 0 Å². The smallest absolute Gasteiger partial charge is 0.239 e. The van der Waals surface area contributed by atoms with Gasteiger partial charge in [-0.2, -0.15) is 0 Å². The van der Waals surface area contributed by atoms with Crippen molar-refractivity contribution in [2.24, 2.45) is 5.73 Å². The lowest BCUT2D eigenvalue weighted by Crippen LogP contribution is -2.35. The van der Waals surface area contributed by atoms with Gasteiger partial charge in [0.15, 0.2) is 0 Å². The van der Waals surface area contributed by atoms with Crippen molar-refractivity contribution < 1.29 is 4.79 Å². The third-order valence-corrected chi connectivity index (χ3v) is 2.89. The predicted molar refractivity (Wildman–Crippen MR) is 59.2 cm³/mol. The highest BCUT2D eigenvalue weighted by molar-refractivity contribution is 5.81. The van der Waals surface area contributed by atoms with Gasteiger partial charge in [0.25, 0.3) is 0 Å². The maximum Gasteiger partial charge on any atom is 0.239 e. The molecule has 0 spiro atoms. The number of carbonyl (C=O) groups is 1. The number of nitrogens with zero attached hydrogens (tertiary/aromatic N) is 1. The van der Waals surface area contributed by atoms with E-state index in [0.717, 1.165) is 31.5 Å². The lowest BCUT2D eigenvalue weighted by atomic mass is 10.1. The van der Waals surface area contributed by atoms with Crippen LogP contribution in [-0.2, 0) is 4.79 Å². The second-order valence-corrected chi connectivity index (χ2v) is 3.96. The molecule has 0 aromatic heterocycles. The van der Waals surface area contributed by atoms with E-state index in [1.54, 1.807) is 0 Å². The molecule has 1 fully saturated rings. The highest BCUT2D eigenvalue weighted by Crippen LogP contribution is 2.24. The number of hydrogen-bond donors (Lipinski definition) is 1. The molecule has 0 saturated carbocycles. The van der Waals surface area contributed by atoms with Gasteiger partial charge in [-0.15, -0.1) is 0 Å². The molecule has 0 aliphatic carbocycles. The molecule has 1 aliphatic rings. The van der Waals surface area contributed by atoms with Crippen molar-refractivity contribution in [2.75, 3.05) is 13.1 Å². The predicted octanol–water partition coefficient (Wildman–Crippen LogP) is 1.31. The number of likely N-dealkylation sites (tertiary alicyclic amines) is 1. The van der Waals surface area contributed by atoms with E-state index in [0.29, 0.717) is 0 Å². The zero-order chi connectivity index (χ0) is 10.7. The van der Waals surface area contributed by atoms with E-state index >= 15 is 0 Å². The Morgan fingerprint density at radius 2 is 1.80 bits per heavy atom. The minimum atomic E-state index is -0.247. The molecule has 15 heavy (non-hydrogen) atoms. The van der Waals surface area contributed by atoms with Crippen molar-refractivity contribution in [3.63, 3.8) is 0 Å². The lowest BCUT2D eigenvalue weighted by molar-refractivity contribution is -0.123. The first-order chi connectivity index (χ1) is 7.29. The third kappa shape index (κ3) is 2.18. The second kappa shape index (κ2) is 4.45. The van der Waals surface area contributed by atoms with Gasteiger partial charge in [-0.1, -0.05) is 30.3 Å². The molecule has 2 N–H and O–H groups in total. The zero-order valence-corrected chi connectivity index (χ0v) is 8.73. The van der Waals surface area contributed by atoms with Gasteiger partial charge in [-0.05, 0) is 31.5 Å². The van der Waals surface area contributed by atoms with Crippen molar-refractivity contribution in [3.05, 3.63) is 35.9 Å². The molecule has 80 valence electrons. The number of benzene rings is 1. The molecule has 0 bridgehead atoms. The maximum absolute atomic E-state index is 11.5. The summed E-state index contributed by atoms with van der Waals surface area (Å²) in [5, 5.41) is 0. The normalized spacial score (nSPS) is 18.9. The third-order valence-electron chi connectivity index (χ3n) is 2.89. The Balaban J connectivity index is 2.23. The number of carbonyl (C=O) groups excluding carboxylic acids is 1. The van der Waals surface area contributed by atoms with E-state index in [1.807, 2.05) is 30.3 Å². The minimum Gasteiger partial charge on any atom is -0.368 e. The standard InChI is InChI=1S/C12H16N2O/c13-12(15)11(14-8-4-5-9-14)10-6-2-1-3-7-10/h1-3,6-7,11H,4-5,8-9H2,(H2,13,15)/t11-/m1/s1. The molecule has 1 heterocycles. The summed E-state index contributed by atoms with van der Waals surface area (Å²) in [7, 11) is 0. The number of rotatable bonds is 3. The minimum absolute atomic E-state index is 0.242. The molecular weight excluding hydrogens is 188 g/mol. The first kappa shape index (κ1) is 10.2. The highest BCUT2D eigenvalue weighted by atomic mass is 16.1. The van der Waals surface area contributed by atoms with Gasteiger partial charge in [0.2, 0.25) is 5.91 Å². The van der Waals surface area contributed by atoms with E-state index < -0.39 is 0 Å². The molecule has 2 rings (SSSR count). The van der Waals surface area contributed by atoms with Crippen LogP contribution in [0.15, 0.2) is 30.3 Å². The Hall–Kier alpha value is -1.35. The molecule has 0 unspecified atom stereocenters. The zero-order valence-electron chi connectivity index (χ0n) is 8.73. The first-order valence-corrected chi connectivity index (χ1v) is 5.37. The Labute approximate surface area is 89.9 Å². The van der Waals surface area contributed by atoms with Gasteiger partial charge in [-0.25, -0.2) is 0 Å². The van der Waals surface area contributed by atoms with Crippen molar-refractivity contribution in [2.45, 2.75) is 18.9 Å². The molecule has 1 aromatic rings. The van der Waals surface area contributed by atoms with Gasteiger partial charge < -0.3 is 5.73 Å². The number of primary amides is 1. The van der Waals surface area contributed by atoms with Crippen molar-refractivity contribution in [3.8, 4) is 0 Å². The molecule has 3 heteroatoms. The fourth-order valence-corrected chi connectivity index (χ4v) is 2.19. The average Bonchev–Trinajstić information content (AvgIpc) is 2.72. The summed E-state index contributed by atoms with van der Waals surface area (Å²) >= 11 is 0. The van der Waals surface area contributed by atoms with E-state index in [-0.39, 0.29) is 11.9 Å². The van der Waals surface area contributed by atoms with Gasteiger partial charge in [0, 0.05) is 0 Å². The van der Waals surface area contributed by atoms with Gasteiger partial charge in [0.05, 0.1) is 0 Å². The van der Waals surface area contributed by atoms with Crippen LogP contribution in [0, 0.1) is 0 Å². The Morgan fingerprint density at radius 1 is 1.20 bits per heavy atom. The van der Waals surface area contributed by atoms with Gasteiger partial charge in [0.1, 0.15) is 6.04 Å². The quantitative estimate of drug-likeness (QED) is 0.807. The fraction of sp³-hybridized carbons (Fsp3) is 0.417. The van der Waals surface area contributed by atoms with Crippen LogP contribution in [0.4, 0.5) is 0 Å². The topological polar surface area (TPSA) is 46.3 Å². The van der Waals surface area contributed by atoms with Crippen LogP contribution in [0.1, 0.15) is 24.4 Å².